The molecule has 0 spiro atoms. The molecule has 0 aliphatic carbocycles. The Kier molecular flexibility index (Phi) is 3.00. The third-order valence-corrected chi connectivity index (χ3v) is 6.18. The van der Waals surface area contributed by atoms with Gasteiger partial charge in [-0.2, -0.15) is 0 Å². The lowest BCUT2D eigenvalue weighted by Gasteiger charge is -2.11. The van der Waals surface area contributed by atoms with Crippen molar-refractivity contribution >= 4 is 53.3 Å². The Labute approximate surface area is 151 Å². The second-order valence-corrected chi connectivity index (χ2v) is 7.41. The van der Waals surface area contributed by atoms with Crippen molar-refractivity contribution in [1.82, 2.24) is 4.98 Å². The van der Waals surface area contributed by atoms with Crippen molar-refractivity contribution < 1.29 is 5.11 Å². The first-order valence-corrected chi connectivity index (χ1v) is 9.01. The van der Waals surface area contributed by atoms with Gasteiger partial charge in [-0.25, -0.2) is 0 Å². The highest BCUT2D eigenvalue weighted by molar-refractivity contribution is 7.24. The Bertz CT molecular complexity index is 1500. The van der Waals surface area contributed by atoms with Crippen LogP contribution >= 0.6 is 11.3 Å². The molecule has 126 valence electrons. The van der Waals surface area contributed by atoms with Crippen LogP contribution in [0.4, 0.5) is 0 Å². The van der Waals surface area contributed by atoms with Crippen molar-refractivity contribution in [3.63, 3.8) is 0 Å². The molecule has 4 aromatic carbocycles. The molecule has 0 amide bonds. The second-order valence-electron chi connectivity index (χ2n) is 6.35. The van der Waals surface area contributed by atoms with Crippen LogP contribution < -0.4 is 10.9 Å². The summed E-state index contributed by atoms with van der Waals surface area (Å²) in [5.74, 6) is -0.111. The molecule has 5 heteroatoms. The molecule has 0 aliphatic heterocycles. The van der Waals surface area contributed by atoms with Crippen LogP contribution in [0, 0.1) is 6.92 Å². The summed E-state index contributed by atoms with van der Waals surface area (Å²) >= 11 is 1.49. The Morgan fingerprint density at radius 2 is 1.50 bits per heavy atom. The fourth-order valence-corrected chi connectivity index (χ4v) is 4.69. The van der Waals surface area contributed by atoms with Gasteiger partial charge >= 0.3 is 0 Å². The highest BCUT2D eigenvalue weighted by Gasteiger charge is 2.20. The average Bonchev–Trinajstić information content (AvgIpc) is 2.67. The number of phenols is 1. The normalized spacial score (nSPS) is 11.7. The largest absolute Gasteiger partial charge is 0.507 e. The van der Waals surface area contributed by atoms with Crippen LogP contribution in [0.2, 0.25) is 0 Å². The van der Waals surface area contributed by atoms with Crippen LogP contribution in [0.3, 0.4) is 0 Å². The van der Waals surface area contributed by atoms with Gasteiger partial charge in [-0.15, -0.1) is 11.3 Å². The number of aromatic nitrogens is 1. The van der Waals surface area contributed by atoms with Gasteiger partial charge in [-0.05, 0) is 19.1 Å². The number of aromatic amines is 1. The molecular weight excluding hydrogens is 346 g/mol. The zero-order chi connectivity index (χ0) is 18.0. The molecule has 1 aromatic heterocycles. The number of hydrogen-bond acceptors (Lipinski definition) is 4. The third-order valence-electron chi connectivity index (χ3n) is 4.89. The summed E-state index contributed by atoms with van der Waals surface area (Å²) in [6.45, 7) is 1.77. The number of phenolic OH excluding ortho intramolecular Hbond substituents is 1. The first kappa shape index (κ1) is 15.1. The van der Waals surface area contributed by atoms with Gasteiger partial charge < -0.3 is 10.1 Å². The maximum absolute atomic E-state index is 13.2. The van der Waals surface area contributed by atoms with E-state index in [0.717, 1.165) is 14.9 Å². The van der Waals surface area contributed by atoms with Gasteiger partial charge in [0.15, 0.2) is 10.9 Å². The fraction of sp³-hybridized carbons (Fsp3) is 0.0476. The molecule has 0 atom stereocenters. The minimum absolute atomic E-state index is 0.0948. The van der Waals surface area contributed by atoms with E-state index in [1.54, 1.807) is 31.2 Å². The highest BCUT2D eigenvalue weighted by Crippen LogP contribution is 2.37. The predicted molar refractivity (Wildman–Crippen MR) is 108 cm³/mol. The smallest absolute Gasteiger partial charge is 0.198 e. The molecule has 26 heavy (non-hydrogen) atoms. The quantitative estimate of drug-likeness (QED) is 0.317. The van der Waals surface area contributed by atoms with Crippen LogP contribution in [-0.2, 0) is 0 Å². The van der Waals surface area contributed by atoms with Gasteiger partial charge in [0.05, 0.1) is 31.2 Å². The van der Waals surface area contributed by atoms with Crippen LogP contribution in [-0.4, -0.2) is 10.1 Å². The molecule has 0 aliphatic rings. The van der Waals surface area contributed by atoms with E-state index in [4.69, 9.17) is 0 Å². The second kappa shape index (κ2) is 5.16. The van der Waals surface area contributed by atoms with Gasteiger partial charge in [-0.3, -0.25) is 9.59 Å². The molecule has 0 unspecified atom stereocenters. The maximum atomic E-state index is 13.2. The average molecular weight is 359 g/mol. The number of hydrogen-bond donors (Lipinski definition) is 2. The lowest BCUT2D eigenvalue weighted by molar-refractivity contribution is 0.478. The summed E-state index contributed by atoms with van der Waals surface area (Å²) < 4.78 is 1.79. The van der Waals surface area contributed by atoms with Crippen LogP contribution in [0.15, 0.2) is 58.1 Å². The van der Waals surface area contributed by atoms with Crippen LogP contribution in [0.25, 0.3) is 42.0 Å². The van der Waals surface area contributed by atoms with E-state index in [0.29, 0.717) is 21.9 Å². The Hall–Kier alpha value is -3.18. The predicted octanol–water partition coefficient (Wildman–Crippen LogP) is 4.42. The van der Waals surface area contributed by atoms with Gasteiger partial charge in [-0.1, -0.05) is 36.4 Å². The van der Waals surface area contributed by atoms with Gasteiger partial charge in [0, 0.05) is 16.3 Å². The van der Waals surface area contributed by atoms with E-state index in [1.807, 2.05) is 24.3 Å². The first-order valence-electron chi connectivity index (χ1n) is 8.19. The molecule has 0 radical (unpaired) electrons. The summed E-state index contributed by atoms with van der Waals surface area (Å²) in [6, 6.07) is 14.5. The number of aromatic hydroxyl groups is 1. The number of nitrogens with one attached hydrogen (secondary N) is 1. The number of rotatable bonds is 0. The number of H-pyrrole nitrogens is 1. The lowest BCUT2D eigenvalue weighted by atomic mass is 9.98. The van der Waals surface area contributed by atoms with E-state index < -0.39 is 0 Å². The van der Waals surface area contributed by atoms with Crippen molar-refractivity contribution in [2.75, 3.05) is 0 Å². The number of para-hydroxylation sites is 1. The standard InChI is InChI=1S/C21H13NO3S/c1-10-18(23)16-15(19(24)11-6-2-3-7-12(11)20(16)25)17-21(10)26-14-9-5-4-8-13(14)22-17/h2-9,22-23H,1H3. The molecule has 1 heterocycles. The van der Waals surface area contributed by atoms with E-state index in [-0.39, 0.29) is 27.4 Å². The molecule has 5 aromatic rings. The highest BCUT2D eigenvalue weighted by atomic mass is 32.1. The first-order chi connectivity index (χ1) is 12.6. The number of benzene rings is 4. The van der Waals surface area contributed by atoms with Crippen molar-refractivity contribution in [2.45, 2.75) is 6.92 Å². The summed E-state index contributed by atoms with van der Waals surface area (Å²) in [4.78, 5) is 29.5. The fourth-order valence-electron chi connectivity index (χ4n) is 3.59. The Morgan fingerprint density at radius 3 is 2.23 bits per heavy atom. The van der Waals surface area contributed by atoms with Crippen molar-refractivity contribution in [3.8, 4) is 5.75 Å². The molecule has 5 rings (SSSR count). The minimum Gasteiger partial charge on any atom is -0.507 e. The SMILES string of the molecule is Cc1c(O)c2c(=O)c3ccccc3c(=O)c2c2[nH]c3ccccc3sc12. The van der Waals surface area contributed by atoms with E-state index in [1.165, 1.54) is 11.3 Å². The molecule has 0 fully saturated rings. The lowest BCUT2D eigenvalue weighted by Crippen LogP contribution is -2.14. The van der Waals surface area contributed by atoms with Gasteiger partial charge in [0.1, 0.15) is 5.75 Å². The van der Waals surface area contributed by atoms with E-state index in [9.17, 15) is 14.7 Å². The van der Waals surface area contributed by atoms with Gasteiger partial charge in [0.25, 0.3) is 0 Å². The summed E-state index contributed by atoms with van der Waals surface area (Å²) in [5.41, 5.74) is 1.54. The van der Waals surface area contributed by atoms with E-state index in [2.05, 4.69) is 4.98 Å². The summed E-state index contributed by atoms with van der Waals surface area (Å²) in [6.07, 6.45) is 0. The van der Waals surface area contributed by atoms with Gasteiger partial charge in [0.2, 0.25) is 0 Å². The van der Waals surface area contributed by atoms with Crippen molar-refractivity contribution in [2.24, 2.45) is 0 Å². The van der Waals surface area contributed by atoms with E-state index >= 15 is 0 Å². The van der Waals surface area contributed by atoms with Crippen molar-refractivity contribution in [3.05, 3.63) is 74.5 Å². The van der Waals surface area contributed by atoms with Crippen LogP contribution in [0.5, 0.6) is 5.75 Å². The maximum Gasteiger partial charge on any atom is 0.198 e. The molecule has 4 nitrogen and oxygen atoms in total. The van der Waals surface area contributed by atoms with Crippen molar-refractivity contribution in [1.29, 1.82) is 0 Å². The topological polar surface area (TPSA) is 70.2 Å². The molecule has 0 saturated heterocycles. The van der Waals surface area contributed by atoms with Crippen LogP contribution in [0.1, 0.15) is 5.56 Å². The summed E-state index contributed by atoms with van der Waals surface area (Å²) in [7, 11) is 0. The Morgan fingerprint density at radius 1 is 0.885 bits per heavy atom. The molecule has 0 saturated carbocycles. The summed E-state index contributed by atoms with van der Waals surface area (Å²) in [5, 5.41) is 11.8. The minimum atomic E-state index is -0.316. The third kappa shape index (κ3) is 1.83. The Balaban J connectivity index is 2.21. The zero-order valence-electron chi connectivity index (χ0n) is 13.8. The number of fused-ring (bicyclic) bond motifs is 5. The molecule has 2 N–H and O–H groups in total. The monoisotopic (exact) mass is 359 g/mol. The number of aryl methyl sites for hydroxylation is 1. The molecule has 0 bridgehead atoms. The molecular formula is C21H13NO3S. The zero-order valence-corrected chi connectivity index (χ0v) is 14.6.